The summed E-state index contributed by atoms with van der Waals surface area (Å²) < 4.78 is 32.9. The Morgan fingerprint density at radius 2 is 1.12 bits per heavy atom. The number of hydrogen-bond donors (Lipinski definition) is 3. The van der Waals surface area contributed by atoms with E-state index in [0.29, 0.717) is 6.61 Å². The molecule has 0 saturated heterocycles. The first-order valence-electron chi connectivity index (χ1n) is 16.1. The number of phosphoric ester groups is 1. The van der Waals surface area contributed by atoms with Crippen molar-refractivity contribution in [3.05, 3.63) is 0 Å². The van der Waals surface area contributed by atoms with Gasteiger partial charge in [0.15, 0.2) is 0 Å². The average molecular weight is 610 g/mol. The molecule has 0 spiro atoms. The maximum atomic E-state index is 12.4. The first-order chi connectivity index (χ1) is 19.7. The third-order valence-electron chi connectivity index (χ3n) is 6.89. The highest BCUT2D eigenvalue weighted by Crippen LogP contribution is 2.43. The first-order valence-corrected chi connectivity index (χ1v) is 17.6. The van der Waals surface area contributed by atoms with Crippen LogP contribution >= 0.6 is 7.82 Å². The van der Waals surface area contributed by atoms with Gasteiger partial charge in [-0.3, -0.25) is 18.6 Å². The average Bonchev–Trinajstić information content (AvgIpc) is 2.94. The number of nitrogens with two attached hydrogens (primary N) is 1. The van der Waals surface area contributed by atoms with Crippen molar-refractivity contribution in [2.24, 2.45) is 5.73 Å². The molecule has 0 aromatic carbocycles. The van der Waals surface area contributed by atoms with Crippen molar-refractivity contribution in [3.63, 3.8) is 0 Å². The fourth-order valence-electron chi connectivity index (χ4n) is 4.31. The van der Waals surface area contributed by atoms with Gasteiger partial charge in [-0.15, -0.1) is 0 Å². The van der Waals surface area contributed by atoms with Gasteiger partial charge in [-0.25, -0.2) is 4.57 Å². The molecule has 0 radical (unpaired) electrons. The number of carboxylic acid groups (broad SMARTS) is 1. The number of rotatable bonds is 31. The van der Waals surface area contributed by atoms with Crippen LogP contribution in [0, 0.1) is 0 Å². The fourth-order valence-corrected chi connectivity index (χ4v) is 5.09. The molecule has 10 nitrogen and oxygen atoms in total. The van der Waals surface area contributed by atoms with Crippen LogP contribution < -0.4 is 5.73 Å². The molecule has 0 saturated carbocycles. The SMILES string of the molecule is CCCCCCCCCCCCOCC(COP(=O)(O)OCC(N)C(=O)O)OC(=O)CCCCCCCCCCC. The highest BCUT2D eigenvalue weighted by molar-refractivity contribution is 7.47. The molecule has 3 atom stereocenters. The molecule has 0 aromatic heterocycles. The summed E-state index contributed by atoms with van der Waals surface area (Å²) in [5.74, 6) is -1.78. The lowest BCUT2D eigenvalue weighted by atomic mass is 10.1. The van der Waals surface area contributed by atoms with E-state index in [0.717, 1.165) is 38.5 Å². The largest absolute Gasteiger partial charge is 0.480 e. The normalized spacial score (nSPS) is 14.4. The van der Waals surface area contributed by atoms with Crippen molar-refractivity contribution < 1.29 is 42.7 Å². The number of ether oxygens (including phenoxy) is 2. The number of phosphoric acid groups is 1. The number of hydrogen-bond acceptors (Lipinski definition) is 8. The van der Waals surface area contributed by atoms with Crippen LogP contribution in [0.2, 0.25) is 0 Å². The molecule has 244 valence electrons. The lowest BCUT2D eigenvalue weighted by Gasteiger charge is -2.20. The van der Waals surface area contributed by atoms with Crippen LogP contribution in [0.15, 0.2) is 0 Å². The number of carbonyl (C=O) groups excluding carboxylic acids is 1. The second kappa shape index (κ2) is 27.8. The summed E-state index contributed by atoms with van der Waals surface area (Å²) in [5.41, 5.74) is 5.30. The smallest absolute Gasteiger partial charge is 0.472 e. The van der Waals surface area contributed by atoms with Gasteiger partial charge in [-0.05, 0) is 12.8 Å². The minimum Gasteiger partial charge on any atom is -0.480 e. The molecule has 0 aliphatic heterocycles. The van der Waals surface area contributed by atoms with E-state index in [-0.39, 0.29) is 13.0 Å². The predicted octanol–water partition coefficient (Wildman–Crippen LogP) is 7.30. The fraction of sp³-hybridized carbons (Fsp3) is 0.933. The minimum absolute atomic E-state index is 0.0234. The molecule has 3 unspecified atom stereocenters. The van der Waals surface area contributed by atoms with Gasteiger partial charge in [0, 0.05) is 13.0 Å². The number of esters is 1. The molecular formula is C30H60NO9P. The van der Waals surface area contributed by atoms with Gasteiger partial charge in [-0.1, -0.05) is 123 Å². The molecule has 41 heavy (non-hydrogen) atoms. The lowest BCUT2D eigenvalue weighted by Crippen LogP contribution is -2.34. The van der Waals surface area contributed by atoms with Crippen LogP contribution in [-0.4, -0.2) is 60.5 Å². The monoisotopic (exact) mass is 609 g/mol. The zero-order valence-electron chi connectivity index (χ0n) is 25.9. The quantitative estimate of drug-likeness (QED) is 0.0414. The Kier molecular flexibility index (Phi) is 27.1. The van der Waals surface area contributed by atoms with E-state index < -0.39 is 45.1 Å². The summed E-state index contributed by atoms with van der Waals surface area (Å²) in [6, 6.07) is -1.46. The van der Waals surface area contributed by atoms with Crippen LogP contribution in [0.4, 0.5) is 0 Å². The van der Waals surface area contributed by atoms with Gasteiger partial charge >= 0.3 is 19.8 Å². The van der Waals surface area contributed by atoms with Crippen molar-refractivity contribution in [3.8, 4) is 0 Å². The highest BCUT2D eigenvalue weighted by Gasteiger charge is 2.27. The summed E-state index contributed by atoms with van der Waals surface area (Å²) in [6.45, 7) is 3.83. The van der Waals surface area contributed by atoms with Gasteiger partial charge in [0.25, 0.3) is 0 Å². The van der Waals surface area contributed by atoms with Gasteiger partial charge in [0.2, 0.25) is 0 Å². The summed E-state index contributed by atoms with van der Waals surface area (Å²) in [5, 5.41) is 8.81. The molecule has 0 amide bonds. The molecule has 0 aromatic rings. The Morgan fingerprint density at radius 3 is 1.61 bits per heavy atom. The third kappa shape index (κ3) is 27.5. The number of unbranched alkanes of at least 4 members (excludes halogenated alkanes) is 17. The van der Waals surface area contributed by atoms with E-state index in [2.05, 4.69) is 18.4 Å². The Morgan fingerprint density at radius 1 is 0.683 bits per heavy atom. The van der Waals surface area contributed by atoms with Gasteiger partial charge in [-0.2, -0.15) is 0 Å². The number of aliphatic carboxylic acids is 1. The molecular weight excluding hydrogens is 549 g/mol. The molecule has 4 N–H and O–H groups in total. The molecule has 0 fully saturated rings. The van der Waals surface area contributed by atoms with Crippen LogP contribution in [0.25, 0.3) is 0 Å². The third-order valence-corrected chi connectivity index (χ3v) is 7.84. The van der Waals surface area contributed by atoms with Crippen LogP contribution in [0.1, 0.15) is 142 Å². The second-order valence-electron chi connectivity index (χ2n) is 11.0. The van der Waals surface area contributed by atoms with E-state index in [9.17, 15) is 19.0 Å². The zero-order chi connectivity index (χ0) is 30.6. The van der Waals surface area contributed by atoms with E-state index in [1.807, 2.05) is 0 Å². The van der Waals surface area contributed by atoms with Crippen molar-refractivity contribution >= 4 is 19.8 Å². The Bertz CT molecular complexity index is 680. The topological polar surface area (TPSA) is 155 Å². The van der Waals surface area contributed by atoms with Crippen molar-refractivity contribution in [1.82, 2.24) is 0 Å². The Labute approximate surface area is 249 Å². The molecule has 0 aliphatic rings. The lowest BCUT2D eigenvalue weighted by molar-refractivity contribution is -0.154. The Balaban J connectivity index is 4.37. The second-order valence-corrected chi connectivity index (χ2v) is 12.4. The molecule has 0 aliphatic carbocycles. The standard InChI is InChI=1S/C30H60NO9P/c1-3-5-7-9-11-13-15-17-19-21-23-37-24-27(25-38-41(35,36)39-26-28(31)30(33)34)40-29(32)22-20-18-16-14-12-10-8-6-4-2/h27-28H,3-26,31H2,1-2H3,(H,33,34)(H,35,36). The van der Waals surface area contributed by atoms with Crippen molar-refractivity contribution in [2.75, 3.05) is 26.4 Å². The van der Waals surface area contributed by atoms with Crippen LogP contribution in [0.3, 0.4) is 0 Å². The van der Waals surface area contributed by atoms with Gasteiger partial charge in [0.05, 0.1) is 19.8 Å². The van der Waals surface area contributed by atoms with Crippen molar-refractivity contribution in [1.29, 1.82) is 0 Å². The van der Waals surface area contributed by atoms with E-state index in [1.165, 1.54) is 83.5 Å². The molecule has 0 bridgehead atoms. The van der Waals surface area contributed by atoms with E-state index in [1.54, 1.807) is 0 Å². The summed E-state index contributed by atoms with van der Waals surface area (Å²) >= 11 is 0. The first kappa shape index (κ1) is 40.0. The predicted molar refractivity (Wildman–Crippen MR) is 162 cm³/mol. The summed E-state index contributed by atoms with van der Waals surface area (Å²) in [4.78, 5) is 33.1. The van der Waals surface area contributed by atoms with Crippen molar-refractivity contribution in [2.45, 2.75) is 154 Å². The molecule has 0 rings (SSSR count). The highest BCUT2D eigenvalue weighted by atomic mass is 31.2. The van der Waals surface area contributed by atoms with Gasteiger partial charge < -0.3 is 25.2 Å². The Hall–Kier alpha value is -1.03. The number of carboxylic acids is 1. The van der Waals surface area contributed by atoms with Crippen LogP contribution in [0.5, 0.6) is 0 Å². The summed E-state index contributed by atoms with van der Waals surface area (Å²) in [6.07, 6.45) is 21.7. The molecule has 0 heterocycles. The minimum atomic E-state index is -4.59. The van der Waals surface area contributed by atoms with Crippen LogP contribution in [-0.2, 0) is 32.7 Å². The summed E-state index contributed by atoms with van der Waals surface area (Å²) in [7, 11) is -4.59. The van der Waals surface area contributed by atoms with E-state index in [4.69, 9.17) is 24.8 Å². The van der Waals surface area contributed by atoms with E-state index >= 15 is 0 Å². The zero-order valence-corrected chi connectivity index (χ0v) is 26.8. The van der Waals surface area contributed by atoms with Gasteiger partial charge in [0.1, 0.15) is 12.1 Å². The maximum Gasteiger partial charge on any atom is 0.472 e. The maximum absolute atomic E-state index is 12.4. The molecule has 11 heteroatoms. The number of carbonyl (C=O) groups is 2.